The predicted octanol–water partition coefficient (Wildman–Crippen LogP) is 4.89. The van der Waals surface area contributed by atoms with Crippen LogP contribution in [-0.4, -0.2) is 0 Å². The Labute approximate surface area is 90.5 Å². The molecule has 0 heterocycles. The Morgan fingerprint density at radius 1 is 1.07 bits per heavy atom. The van der Waals surface area contributed by atoms with E-state index in [1.165, 1.54) is 25.7 Å². The first-order chi connectivity index (χ1) is 6.39. The molecule has 1 aliphatic carbocycles. The Bertz CT molecular complexity index is 177. The summed E-state index contributed by atoms with van der Waals surface area (Å²) in [4.78, 5) is 0. The second kappa shape index (κ2) is 3.87. The second-order valence-electron chi connectivity index (χ2n) is 6.24. The summed E-state index contributed by atoms with van der Waals surface area (Å²) in [6.45, 7) is 14.5. The van der Waals surface area contributed by atoms with Gasteiger partial charge in [-0.05, 0) is 48.3 Å². The molecule has 1 fully saturated rings. The summed E-state index contributed by atoms with van der Waals surface area (Å²) < 4.78 is 0. The van der Waals surface area contributed by atoms with Crippen LogP contribution >= 0.6 is 0 Å². The van der Waals surface area contributed by atoms with Gasteiger partial charge in [0.2, 0.25) is 0 Å². The van der Waals surface area contributed by atoms with Crippen molar-refractivity contribution in [3.8, 4) is 0 Å². The molecule has 0 aliphatic heterocycles. The average Bonchev–Trinajstić information content (AvgIpc) is 2.86. The van der Waals surface area contributed by atoms with Crippen molar-refractivity contribution in [1.29, 1.82) is 0 Å². The van der Waals surface area contributed by atoms with Gasteiger partial charge in [0.05, 0.1) is 0 Å². The molecule has 1 unspecified atom stereocenters. The van der Waals surface area contributed by atoms with E-state index in [1.807, 2.05) is 0 Å². The third-order valence-electron chi connectivity index (χ3n) is 4.96. The minimum absolute atomic E-state index is 0.457. The lowest BCUT2D eigenvalue weighted by molar-refractivity contribution is 0.00271. The van der Waals surface area contributed by atoms with Gasteiger partial charge in [0.15, 0.2) is 0 Å². The van der Waals surface area contributed by atoms with Crippen LogP contribution in [0.1, 0.15) is 67.2 Å². The molecule has 0 spiro atoms. The van der Waals surface area contributed by atoms with Crippen LogP contribution in [0.4, 0.5) is 0 Å². The molecule has 0 saturated heterocycles. The third-order valence-corrected chi connectivity index (χ3v) is 4.96. The van der Waals surface area contributed by atoms with Crippen LogP contribution in [0, 0.1) is 22.7 Å². The highest BCUT2D eigenvalue weighted by atomic mass is 14.5. The van der Waals surface area contributed by atoms with Crippen LogP contribution in [0.15, 0.2) is 0 Å². The molecule has 0 bridgehead atoms. The molecule has 84 valence electrons. The van der Waals surface area contributed by atoms with Crippen molar-refractivity contribution in [3.63, 3.8) is 0 Å². The molecular formula is C14H28. The van der Waals surface area contributed by atoms with Crippen molar-refractivity contribution < 1.29 is 0 Å². The molecule has 0 heteroatoms. The molecule has 1 atom stereocenters. The van der Waals surface area contributed by atoms with Crippen LogP contribution in [0.5, 0.6) is 0 Å². The number of hydrogen-bond donors (Lipinski definition) is 0. The van der Waals surface area contributed by atoms with Crippen molar-refractivity contribution in [2.75, 3.05) is 0 Å². The van der Waals surface area contributed by atoms with Crippen molar-refractivity contribution >= 4 is 0 Å². The molecule has 0 aromatic heterocycles. The van der Waals surface area contributed by atoms with Gasteiger partial charge in [0.1, 0.15) is 0 Å². The largest absolute Gasteiger partial charge is 0.0648 e. The van der Waals surface area contributed by atoms with Gasteiger partial charge in [-0.25, -0.2) is 0 Å². The van der Waals surface area contributed by atoms with E-state index in [0.29, 0.717) is 10.8 Å². The van der Waals surface area contributed by atoms with Gasteiger partial charge in [-0.15, -0.1) is 0 Å². The number of rotatable bonds is 4. The molecule has 1 aliphatic rings. The van der Waals surface area contributed by atoms with E-state index < -0.39 is 0 Å². The zero-order valence-electron chi connectivity index (χ0n) is 11.0. The van der Waals surface area contributed by atoms with Crippen LogP contribution < -0.4 is 0 Å². The van der Waals surface area contributed by atoms with Crippen molar-refractivity contribution in [3.05, 3.63) is 0 Å². The quantitative estimate of drug-likeness (QED) is 0.601. The van der Waals surface area contributed by atoms with Gasteiger partial charge in [-0.3, -0.25) is 0 Å². The second-order valence-corrected chi connectivity index (χ2v) is 6.24. The topological polar surface area (TPSA) is 0 Å². The highest BCUT2D eigenvalue weighted by molar-refractivity contribution is 4.97. The average molecular weight is 196 g/mol. The smallest absolute Gasteiger partial charge is 0.0226 e. The van der Waals surface area contributed by atoms with E-state index in [4.69, 9.17) is 0 Å². The van der Waals surface area contributed by atoms with E-state index in [-0.39, 0.29) is 0 Å². The Hall–Kier alpha value is 0. The maximum Gasteiger partial charge on any atom is -0.0226 e. The highest BCUT2D eigenvalue weighted by Gasteiger charge is 2.48. The molecule has 1 rings (SSSR count). The van der Waals surface area contributed by atoms with Crippen molar-refractivity contribution in [1.82, 2.24) is 0 Å². The first kappa shape index (κ1) is 12.1. The Kier molecular flexibility index (Phi) is 3.33. The molecule has 0 radical (unpaired) electrons. The normalized spacial score (nSPS) is 21.0. The lowest BCUT2D eigenvalue weighted by Crippen LogP contribution is -2.41. The highest BCUT2D eigenvalue weighted by Crippen LogP contribution is 2.56. The Morgan fingerprint density at radius 3 is 1.71 bits per heavy atom. The van der Waals surface area contributed by atoms with Crippen LogP contribution in [0.3, 0.4) is 0 Å². The van der Waals surface area contributed by atoms with Crippen LogP contribution in [0.2, 0.25) is 0 Å². The van der Waals surface area contributed by atoms with E-state index in [1.54, 1.807) is 0 Å². The molecule has 0 nitrogen and oxygen atoms in total. The van der Waals surface area contributed by atoms with Gasteiger partial charge in [0.25, 0.3) is 0 Å². The molecule has 14 heavy (non-hydrogen) atoms. The zero-order valence-corrected chi connectivity index (χ0v) is 11.0. The summed E-state index contributed by atoms with van der Waals surface area (Å²) in [5.41, 5.74) is 1.02. The fourth-order valence-electron chi connectivity index (χ4n) is 3.69. The Balaban J connectivity index is 2.89. The first-order valence-corrected chi connectivity index (χ1v) is 6.39. The monoisotopic (exact) mass is 196 g/mol. The summed E-state index contributed by atoms with van der Waals surface area (Å²) in [5.74, 6) is 1.95. The molecule has 0 aromatic rings. The van der Waals surface area contributed by atoms with Gasteiger partial charge in [-0.2, -0.15) is 0 Å². The summed E-state index contributed by atoms with van der Waals surface area (Å²) in [6.07, 6.45) is 5.65. The van der Waals surface area contributed by atoms with E-state index in [2.05, 4.69) is 41.5 Å². The summed E-state index contributed by atoms with van der Waals surface area (Å²) in [5, 5.41) is 0. The van der Waals surface area contributed by atoms with Gasteiger partial charge in [0, 0.05) is 0 Å². The standard InChI is InChI=1S/C14H28/c1-7-14(8-2,13(4,5)6)11(3)12-9-10-12/h11-12H,7-10H2,1-6H3. The van der Waals surface area contributed by atoms with E-state index >= 15 is 0 Å². The SMILES string of the molecule is CCC(CC)(C(C)C1CC1)C(C)(C)C. The molecule has 0 N–H and O–H groups in total. The third kappa shape index (κ3) is 1.85. The molecule has 0 aromatic carbocycles. The molecule has 1 saturated carbocycles. The number of hydrogen-bond acceptors (Lipinski definition) is 0. The van der Waals surface area contributed by atoms with E-state index in [9.17, 15) is 0 Å². The lowest BCUT2D eigenvalue weighted by Gasteiger charge is -2.49. The van der Waals surface area contributed by atoms with Gasteiger partial charge >= 0.3 is 0 Å². The van der Waals surface area contributed by atoms with Gasteiger partial charge in [-0.1, -0.05) is 41.5 Å². The maximum absolute atomic E-state index is 2.50. The fourth-order valence-corrected chi connectivity index (χ4v) is 3.69. The summed E-state index contributed by atoms with van der Waals surface area (Å²) in [6, 6.07) is 0. The van der Waals surface area contributed by atoms with Crippen molar-refractivity contribution in [2.24, 2.45) is 22.7 Å². The fraction of sp³-hybridized carbons (Fsp3) is 1.00. The minimum Gasteiger partial charge on any atom is -0.0648 e. The Morgan fingerprint density at radius 2 is 1.50 bits per heavy atom. The zero-order chi connectivity index (χ0) is 11.0. The molecule has 0 amide bonds. The summed E-state index contributed by atoms with van der Waals surface area (Å²) >= 11 is 0. The van der Waals surface area contributed by atoms with Crippen LogP contribution in [-0.2, 0) is 0 Å². The lowest BCUT2D eigenvalue weighted by atomic mass is 9.56. The van der Waals surface area contributed by atoms with Gasteiger partial charge < -0.3 is 0 Å². The van der Waals surface area contributed by atoms with Crippen LogP contribution in [0.25, 0.3) is 0 Å². The van der Waals surface area contributed by atoms with Crippen molar-refractivity contribution in [2.45, 2.75) is 67.2 Å². The van der Waals surface area contributed by atoms with E-state index in [0.717, 1.165) is 11.8 Å². The first-order valence-electron chi connectivity index (χ1n) is 6.39. The minimum atomic E-state index is 0.457. The molecular weight excluding hydrogens is 168 g/mol. The maximum atomic E-state index is 2.50. The summed E-state index contributed by atoms with van der Waals surface area (Å²) in [7, 11) is 0. The predicted molar refractivity (Wildman–Crippen MR) is 64.4 cm³/mol.